The molecular weight excluding hydrogens is 331 g/mol. The van der Waals surface area contributed by atoms with Gasteiger partial charge in [0, 0.05) is 11.5 Å². The van der Waals surface area contributed by atoms with Gasteiger partial charge in [0.25, 0.3) is 11.2 Å². The van der Waals surface area contributed by atoms with Gasteiger partial charge in [0.1, 0.15) is 11.2 Å². The van der Waals surface area contributed by atoms with E-state index in [1.807, 2.05) is 4.98 Å². The van der Waals surface area contributed by atoms with Crippen molar-refractivity contribution in [2.24, 2.45) is 0 Å². The minimum absolute atomic E-state index is 0.00586. The lowest BCUT2D eigenvalue weighted by Gasteiger charge is -2.10. The third-order valence-electron chi connectivity index (χ3n) is 2.60. The molecule has 1 aromatic heterocycles. The molecule has 0 aliphatic rings. The number of alkyl halides is 3. The van der Waals surface area contributed by atoms with Crippen LogP contribution in [0.2, 0.25) is 0 Å². The fraction of sp³-hybridized carbons (Fsp3) is 0.100. The summed E-state index contributed by atoms with van der Waals surface area (Å²) in [5.74, 6) is 0. The highest BCUT2D eigenvalue weighted by atomic mass is 32.2. The maximum Gasteiger partial charge on any atom is 0.516 e. The normalized spacial score (nSPS) is 12.3. The third-order valence-corrected chi connectivity index (χ3v) is 3.70. The van der Waals surface area contributed by atoms with Crippen LogP contribution in [0.15, 0.2) is 29.1 Å². The Balaban J connectivity index is 2.62. The second-order valence-corrected chi connectivity index (χ2v) is 5.74. The van der Waals surface area contributed by atoms with E-state index in [0.717, 1.165) is 16.9 Å². The fourth-order valence-corrected chi connectivity index (χ4v) is 2.20. The number of para-hydroxylation sites is 1. The zero-order valence-corrected chi connectivity index (χ0v) is 11.2. The van der Waals surface area contributed by atoms with Gasteiger partial charge in [-0.1, -0.05) is 12.1 Å². The van der Waals surface area contributed by atoms with E-state index in [2.05, 4.69) is 0 Å². The predicted octanol–water partition coefficient (Wildman–Crippen LogP) is 1.70. The summed E-state index contributed by atoms with van der Waals surface area (Å²) in [6.45, 7) is 0. The van der Waals surface area contributed by atoms with Crippen molar-refractivity contribution in [2.45, 2.75) is 5.51 Å². The van der Waals surface area contributed by atoms with Crippen molar-refractivity contribution in [3.63, 3.8) is 0 Å². The molecule has 0 aliphatic heterocycles. The minimum Gasteiger partial charge on any atom is -0.314 e. The zero-order valence-electron chi connectivity index (χ0n) is 10.3. The highest BCUT2D eigenvalue weighted by molar-refractivity contribution is 7.93. The molecule has 0 saturated carbocycles. The summed E-state index contributed by atoms with van der Waals surface area (Å²) in [4.78, 5) is 23.6. The van der Waals surface area contributed by atoms with Gasteiger partial charge in [-0.05, 0) is 6.07 Å². The summed E-state index contributed by atoms with van der Waals surface area (Å²) < 4.78 is 59.9. The molecule has 0 fully saturated rings. The number of nitro groups is 1. The van der Waals surface area contributed by atoms with Gasteiger partial charge in [0.15, 0.2) is 0 Å². The Morgan fingerprint density at radius 1 is 1.27 bits per heavy atom. The molecule has 0 saturated heterocycles. The van der Waals surface area contributed by atoms with Crippen LogP contribution in [0.25, 0.3) is 10.9 Å². The Kier molecular flexibility index (Phi) is 3.56. The van der Waals surface area contributed by atoms with Gasteiger partial charge in [-0.2, -0.15) is 21.6 Å². The maximum atomic E-state index is 12.3. The lowest BCUT2D eigenvalue weighted by Crippen LogP contribution is -2.32. The van der Waals surface area contributed by atoms with E-state index in [0.29, 0.717) is 0 Å². The monoisotopic (exact) mass is 337 g/mol. The number of fused-ring (bicyclic) bond motifs is 1. The number of halogens is 3. The van der Waals surface area contributed by atoms with Gasteiger partial charge in [-0.15, -0.1) is 0 Å². The Bertz CT molecular complexity index is 920. The lowest BCUT2D eigenvalue weighted by atomic mass is 10.2. The van der Waals surface area contributed by atoms with Crippen LogP contribution in [-0.2, 0) is 10.0 Å². The molecule has 0 bridgehead atoms. The van der Waals surface area contributed by atoms with Gasteiger partial charge in [0.05, 0.1) is 4.92 Å². The smallest absolute Gasteiger partial charge is 0.314 e. The molecule has 0 amide bonds. The summed E-state index contributed by atoms with van der Waals surface area (Å²) in [6.07, 6.45) is 0. The Morgan fingerprint density at radius 2 is 1.91 bits per heavy atom. The van der Waals surface area contributed by atoms with Gasteiger partial charge in [-0.3, -0.25) is 19.6 Å². The SMILES string of the molecule is O=c1[nH]c2c([N+](=O)[O-])cccc2cc1NS(=O)(=O)C(F)(F)F. The molecule has 22 heavy (non-hydrogen) atoms. The Hall–Kier alpha value is -2.63. The average Bonchev–Trinajstić information content (AvgIpc) is 2.37. The molecule has 1 heterocycles. The molecule has 1 aromatic carbocycles. The highest BCUT2D eigenvalue weighted by Crippen LogP contribution is 2.27. The first-order valence-electron chi connectivity index (χ1n) is 5.42. The summed E-state index contributed by atoms with van der Waals surface area (Å²) in [7, 11) is -5.77. The number of nitrogens with zero attached hydrogens (tertiary/aromatic N) is 1. The number of anilines is 1. The topological polar surface area (TPSA) is 122 Å². The van der Waals surface area contributed by atoms with E-state index in [9.17, 15) is 36.5 Å². The fourth-order valence-electron chi connectivity index (χ4n) is 1.65. The van der Waals surface area contributed by atoms with Crippen molar-refractivity contribution < 1.29 is 26.5 Å². The van der Waals surface area contributed by atoms with E-state index < -0.39 is 37.4 Å². The number of hydrogen-bond acceptors (Lipinski definition) is 5. The van der Waals surface area contributed by atoms with Gasteiger partial charge >= 0.3 is 15.5 Å². The van der Waals surface area contributed by atoms with Crippen molar-refractivity contribution >= 4 is 32.3 Å². The summed E-state index contributed by atoms with van der Waals surface area (Å²) in [6, 6.07) is 4.37. The predicted molar refractivity (Wildman–Crippen MR) is 69.8 cm³/mol. The second kappa shape index (κ2) is 4.98. The van der Waals surface area contributed by atoms with Crippen molar-refractivity contribution in [1.29, 1.82) is 0 Å². The van der Waals surface area contributed by atoms with Crippen molar-refractivity contribution in [3.05, 3.63) is 44.7 Å². The molecule has 0 radical (unpaired) electrons. The first kappa shape index (κ1) is 15.8. The third kappa shape index (κ3) is 2.72. The summed E-state index contributed by atoms with van der Waals surface area (Å²) >= 11 is 0. The summed E-state index contributed by atoms with van der Waals surface area (Å²) in [5, 5.41) is 10.8. The number of nitro benzene ring substituents is 1. The number of hydrogen-bond donors (Lipinski definition) is 2. The molecule has 2 aromatic rings. The van der Waals surface area contributed by atoms with Crippen molar-refractivity contribution in [2.75, 3.05) is 4.72 Å². The first-order chi connectivity index (χ1) is 10.0. The van der Waals surface area contributed by atoms with E-state index in [1.165, 1.54) is 12.1 Å². The first-order valence-corrected chi connectivity index (χ1v) is 6.91. The van der Waals surface area contributed by atoms with E-state index >= 15 is 0 Å². The number of rotatable bonds is 3. The Morgan fingerprint density at radius 3 is 2.45 bits per heavy atom. The van der Waals surface area contributed by atoms with Crippen LogP contribution < -0.4 is 10.3 Å². The van der Waals surface area contributed by atoms with Crippen LogP contribution in [-0.4, -0.2) is 23.8 Å². The molecule has 8 nitrogen and oxygen atoms in total. The van der Waals surface area contributed by atoms with Crippen LogP contribution in [0.4, 0.5) is 24.5 Å². The number of nitrogens with one attached hydrogen (secondary N) is 2. The van der Waals surface area contributed by atoms with Crippen LogP contribution in [0.3, 0.4) is 0 Å². The largest absolute Gasteiger partial charge is 0.516 e. The average molecular weight is 337 g/mol. The molecule has 0 spiro atoms. The van der Waals surface area contributed by atoms with Gasteiger partial charge in [-0.25, -0.2) is 0 Å². The van der Waals surface area contributed by atoms with Gasteiger partial charge < -0.3 is 4.98 Å². The highest BCUT2D eigenvalue weighted by Gasteiger charge is 2.46. The van der Waals surface area contributed by atoms with Crippen LogP contribution in [0, 0.1) is 10.1 Å². The number of sulfonamides is 1. The minimum atomic E-state index is -5.77. The second-order valence-electron chi connectivity index (χ2n) is 4.06. The molecule has 12 heteroatoms. The molecule has 0 unspecified atom stereocenters. The molecule has 0 aliphatic carbocycles. The quantitative estimate of drug-likeness (QED) is 0.652. The number of aromatic amines is 1. The molecule has 0 atom stereocenters. The summed E-state index contributed by atoms with van der Waals surface area (Å²) in [5.41, 5.74) is -8.44. The number of H-pyrrole nitrogens is 1. The standard InChI is InChI=1S/C10H6F3N3O5S/c11-10(12,13)22(20,21)15-6-4-5-2-1-3-7(16(18)19)8(5)14-9(6)17/h1-4,15H,(H,14,17). The van der Waals surface area contributed by atoms with Crippen LogP contribution >= 0.6 is 0 Å². The van der Waals surface area contributed by atoms with E-state index in [-0.39, 0.29) is 10.9 Å². The number of non-ortho nitro benzene ring substituents is 1. The zero-order chi connectivity index (χ0) is 16.7. The number of aromatic nitrogens is 1. The van der Waals surface area contributed by atoms with E-state index in [4.69, 9.17) is 0 Å². The van der Waals surface area contributed by atoms with Gasteiger partial charge in [0.2, 0.25) is 0 Å². The molecule has 2 rings (SSSR count). The number of pyridine rings is 1. The van der Waals surface area contributed by atoms with Crippen LogP contribution in [0.1, 0.15) is 0 Å². The maximum absolute atomic E-state index is 12.3. The lowest BCUT2D eigenvalue weighted by molar-refractivity contribution is -0.383. The van der Waals surface area contributed by atoms with Crippen LogP contribution in [0.5, 0.6) is 0 Å². The number of benzene rings is 1. The van der Waals surface area contributed by atoms with Crippen molar-refractivity contribution in [3.8, 4) is 0 Å². The Labute approximate surface area is 119 Å². The van der Waals surface area contributed by atoms with E-state index in [1.54, 1.807) is 0 Å². The molecular formula is C10H6F3N3O5S. The van der Waals surface area contributed by atoms with Crippen molar-refractivity contribution in [1.82, 2.24) is 4.98 Å². The molecule has 2 N–H and O–H groups in total. The molecule has 118 valence electrons.